The smallest absolute Gasteiger partial charge is 0.129 e. The predicted molar refractivity (Wildman–Crippen MR) is 75.1 cm³/mol. The van der Waals surface area contributed by atoms with Gasteiger partial charge in [-0.15, -0.1) is 12.4 Å². The Morgan fingerprint density at radius 2 is 2.39 bits per heavy atom. The minimum Gasteiger partial charge on any atom is -0.358 e. The number of nitrogens with zero attached hydrogens (tertiary/aromatic N) is 3. The summed E-state index contributed by atoms with van der Waals surface area (Å²) in [6, 6.07) is 6.25. The number of likely N-dealkylation sites (N-methyl/N-ethyl adjacent to an activating group) is 1. The molecule has 1 N–H and O–H groups in total. The molecule has 0 aliphatic carbocycles. The van der Waals surface area contributed by atoms with Crippen molar-refractivity contribution >= 4 is 18.2 Å². The lowest BCUT2D eigenvalue weighted by Gasteiger charge is -2.28. The third-order valence-electron chi connectivity index (χ3n) is 3.17. The number of rotatable bonds is 3. The van der Waals surface area contributed by atoms with E-state index in [0.717, 1.165) is 18.9 Å². The van der Waals surface area contributed by atoms with Crippen LogP contribution in [0.4, 0.5) is 5.82 Å². The predicted octanol–water partition coefficient (Wildman–Crippen LogP) is 1.95. The lowest BCUT2D eigenvalue weighted by molar-refractivity contribution is 0.403. The number of hydrogen-bond acceptors (Lipinski definition) is 4. The van der Waals surface area contributed by atoms with Gasteiger partial charge in [-0.25, -0.2) is 4.98 Å². The SMILES string of the molecule is CN(CC1CCCCN1)c1cc(C#N)ccn1.Cl. The second-order valence-electron chi connectivity index (χ2n) is 4.54. The third kappa shape index (κ3) is 3.86. The van der Waals surface area contributed by atoms with Gasteiger partial charge in [0.05, 0.1) is 11.6 Å². The van der Waals surface area contributed by atoms with Gasteiger partial charge in [0.1, 0.15) is 5.82 Å². The van der Waals surface area contributed by atoms with Crippen LogP contribution in [-0.4, -0.2) is 31.2 Å². The van der Waals surface area contributed by atoms with Gasteiger partial charge < -0.3 is 10.2 Å². The first-order valence-corrected chi connectivity index (χ1v) is 6.10. The summed E-state index contributed by atoms with van der Waals surface area (Å²) >= 11 is 0. The highest BCUT2D eigenvalue weighted by atomic mass is 35.5. The fraction of sp³-hybridized carbons (Fsp3) is 0.538. The highest BCUT2D eigenvalue weighted by molar-refractivity contribution is 5.85. The van der Waals surface area contributed by atoms with Crippen molar-refractivity contribution in [2.75, 3.05) is 25.0 Å². The highest BCUT2D eigenvalue weighted by Crippen LogP contribution is 2.13. The van der Waals surface area contributed by atoms with Gasteiger partial charge in [-0.3, -0.25) is 0 Å². The first kappa shape index (κ1) is 14.7. The van der Waals surface area contributed by atoms with E-state index in [-0.39, 0.29) is 12.4 Å². The number of anilines is 1. The van der Waals surface area contributed by atoms with E-state index < -0.39 is 0 Å². The highest BCUT2D eigenvalue weighted by Gasteiger charge is 2.15. The van der Waals surface area contributed by atoms with Gasteiger partial charge in [-0.1, -0.05) is 6.42 Å². The van der Waals surface area contributed by atoms with Crippen molar-refractivity contribution in [3.63, 3.8) is 0 Å². The molecule has 4 nitrogen and oxygen atoms in total. The Labute approximate surface area is 114 Å². The molecule has 98 valence electrons. The molecule has 0 amide bonds. The minimum atomic E-state index is 0. The molecule has 1 aliphatic heterocycles. The molecule has 5 heteroatoms. The molecule has 18 heavy (non-hydrogen) atoms. The molecule has 0 radical (unpaired) electrons. The molecule has 0 spiro atoms. The summed E-state index contributed by atoms with van der Waals surface area (Å²) in [6.07, 6.45) is 5.50. The summed E-state index contributed by atoms with van der Waals surface area (Å²) < 4.78 is 0. The van der Waals surface area contributed by atoms with Crippen molar-refractivity contribution in [2.45, 2.75) is 25.3 Å². The van der Waals surface area contributed by atoms with Gasteiger partial charge in [0.2, 0.25) is 0 Å². The summed E-state index contributed by atoms with van der Waals surface area (Å²) in [4.78, 5) is 6.41. The van der Waals surface area contributed by atoms with Crippen LogP contribution in [0.25, 0.3) is 0 Å². The molecule has 1 aromatic rings. The lowest BCUT2D eigenvalue weighted by atomic mass is 10.0. The summed E-state index contributed by atoms with van der Waals surface area (Å²) in [7, 11) is 2.03. The zero-order chi connectivity index (χ0) is 12.1. The summed E-state index contributed by atoms with van der Waals surface area (Å²) in [5.41, 5.74) is 0.665. The van der Waals surface area contributed by atoms with E-state index in [4.69, 9.17) is 5.26 Å². The number of hydrogen-bond donors (Lipinski definition) is 1. The van der Waals surface area contributed by atoms with Crippen LogP contribution in [0.1, 0.15) is 24.8 Å². The van der Waals surface area contributed by atoms with Crippen LogP contribution >= 0.6 is 12.4 Å². The second-order valence-corrected chi connectivity index (χ2v) is 4.54. The van der Waals surface area contributed by atoms with Crippen LogP contribution in [0.15, 0.2) is 18.3 Å². The van der Waals surface area contributed by atoms with E-state index in [1.165, 1.54) is 19.3 Å². The summed E-state index contributed by atoms with van der Waals surface area (Å²) in [6.45, 7) is 2.06. The van der Waals surface area contributed by atoms with E-state index in [0.29, 0.717) is 11.6 Å². The van der Waals surface area contributed by atoms with Crippen molar-refractivity contribution in [3.05, 3.63) is 23.9 Å². The van der Waals surface area contributed by atoms with Crippen LogP contribution in [0.2, 0.25) is 0 Å². The average Bonchev–Trinajstić information content (AvgIpc) is 2.40. The average molecular weight is 267 g/mol. The molecule has 2 rings (SSSR count). The van der Waals surface area contributed by atoms with E-state index in [1.807, 2.05) is 13.1 Å². The first-order chi connectivity index (χ1) is 8.29. The number of pyridine rings is 1. The Balaban J connectivity index is 0.00000162. The Morgan fingerprint density at radius 3 is 3.06 bits per heavy atom. The maximum absolute atomic E-state index is 8.86. The fourth-order valence-electron chi connectivity index (χ4n) is 2.20. The Morgan fingerprint density at radius 1 is 1.56 bits per heavy atom. The number of nitrogens with one attached hydrogen (secondary N) is 1. The van der Waals surface area contributed by atoms with Crippen LogP contribution in [-0.2, 0) is 0 Å². The first-order valence-electron chi connectivity index (χ1n) is 6.10. The Kier molecular flexibility index (Phi) is 5.90. The van der Waals surface area contributed by atoms with E-state index in [2.05, 4.69) is 21.3 Å². The van der Waals surface area contributed by atoms with Gasteiger partial charge in [-0.05, 0) is 31.5 Å². The van der Waals surface area contributed by atoms with Crippen LogP contribution in [0, 0.1) is 11.3 Å². The van der Waals surface area contributed by atoms with Gasteiger partial charge in [0.15, 0.2) is 0 Å². The Bertz CT molecular complexity index is 410. The lowest BCUT2D eigenvalue weighted by Crippen LogP contribution is -2.42. The molecule has 0 saturated carbocycles. The molecular formula is C13H19ClN4. The fourth-order valence-corrected chi connectivity index (χ4v) is 2.20. The zero-order valence-electron chi connectivity index (χ0n) is 10.6. The third-order valence-corrected chi connectivity index (χ3v) is 3.17. The Hall–Kier alpha value is -1.31. The van der Waals surface area contributed by atoms with Gasteiger partial charge >= 0.3 is 0 Å². The van der Waals surface area contributed by atoms with Crippen molar-refractivity contribution < 1.29 is 0 Å². The van der Waals surface area contributed by atoms with Crippen molar-refractivity contribution in [1.82, 2.24) is 10.3 Å². The topological polar surface area (TPSA) is 52.0 Å². The second kappa shape index (κ2) is 7.20. The molecule has 1 atom stereocenters. The number of nitriles is 1. The van der Waals surface area contributed by atoms with Crippen molar-refractivity contribution in [1.29, 1.82) is 5.26 Å². The molecule has 1 fully saturated rings. The van der Waals surface area contributed by atoms with Crippen molar-refractivity contribution in [2.24, 2.45) is 0 Å². The zero-order valence-corrected chi connectivity index (χ0v) is 11.4. The molecule has 1 saturated heterocycles. The largest absolute Gasteiger partial charge is 0.358 e. The number of piperidine rings is 1. The number of aromatic nitrogens is 1. The van der Waals surface area contributed by atoms with Crippen LogP contribution in [0.5, 0.6) is 0 Å². The maximum atomic E-state index is 8.86. The summed E-state index contributed by atoms with van der Waals surface area (Å²) in [5, 5.41) is 12.4. The van der Waals surface area contributed by atoms with Crippen molar-refractivity contribution in [3.8, 4) is 6.07 Å². The van der Waals surface area contributed by atoms with Crippen LogP contribution in [0.3, 0.4) is 0 Å². The van der Waals surface area contributed by atoms with Gasteiger partial charge in [-0.2, -0.15) is 5.26 Å². The standard InChI is InChI=1S/C13H18N4.ClH/c1-17(10-12-4-2-3-6-15-12)13-8-11(9-14)5-7-16-13;/h5,7-8,12,15H,2-4,6,10H2,1H3;1H. The number of halogens is 1. The minimum absolute atomic E-state index is 0. The van der Waals surface area contributed by atoms with Crippen LogP contribution < -0.4 is 10.2 Å². The molecule has 1 aliphatic rings. The van der Waals surface area contributed by atoms with E-state index in [1.54, 1.807) is 12.3 Å². The molecular weight excluding hydrogens is 248 g/mol. The quantitative estimate of drug-likeness (QED) is 0.909. The molecule has 2 heterocycles. The van der Waals surface area contributed by atoms with E-state index in [9.17, 15) is 0 Å². The summed E-state index contributed by atoms with van der Waals surface area (Å²) in [5.74, 6) is 0.872. The molecule has 0 aromatic carbocycles. The van der Waals surface area contributed by atoms with E-state index >= 15 is 0 Å². The normalized spacial score (nSPS) is 18.6. The van der Waals surface area contributed by atoms with Gasteiger partial charge in [0, 0.05) is 25.8 Å². The molecule has 1 unspecified atom stereocenters. The monoisotopic (exact) mass is 266 g/mol. The molecule has 0 bridgehead atoms. The maximum Gasteiger partial charge on any atom is 0.129 e. The molecule has 1 aromatic heterocycles. The van der Waals surface area contributed by atoms with Gasteiger partial charge in [0.25, 0.3) is 0 Å².